The Balaban J connectivity index is 1.60. The number of benzene rings is 1. The van der Waals surface area contributed by atoms with Crippen molar-refractivity contribution in [3.63, 3.8) is 0 Å². The van der Waals surface area contributed by atoms with Crippen molar-refractivity contribution in [2.75, 3.05) is 25.5 Å². The number of nitrogens with zero attached hydrogens (tertiary/aromatic N) is 4. The van der Waals surface area contributed by atoms with E-state index >= 15 is 0 Å². The lowest BCUT2D eigenvalue weighted by Gasteiger charge is -2.29. The van der Waals surface area contributed by atoms with E-state index in [1.54, 1.807) is 12.1 Å². The number of aromatic nitrogens is 3. The molecule has 3 aromatic rings. The molecule has 0 spiro atoms. The summed E-state index contributed by atoms with van der Waals surface area (Å²) in [5.41, 5.74) is 1.21. The van der Waals surface area contributed by atoms with Crippen LogP contribution in [-0.4, -0.2) is 61.5 Å². The zero-order valence-corrected chi connectivity index (χ0v) is 18.2. The molecule has 31 heavy (non-hydrogen) atoms. The molecule has 4 radical (unpaired) electrons. The van der Waals surface area contributed by atoms with Crippen molar-refractivity contribution in [2.45, 2.75) is 24.2 Å². The van der Waals surface area contributed by atoms with Crippen LogP contribution in [0.15, 0.2) is 36.5 Å². The zero-order valence-electron chi connectivity index (χ0n) is 17.1. The van der Waals surface area contributed by atoms with Crippen molar-refractivity contribution >= 4 is 47.6 Å². The Labute approximate surface area is 184 Å². The second-order valence-corrected chi connectivity index (χ2v) is 8.46. The Kier molecular flexibility index (Phi) is 6.04. The van der Waals surface area contributed by atoms with Crippen LogP contribution >= 0.6 is 9.24 Å². The predicted molar refractivity (Wildman–Crippen MR) is 122 cm³/mol. The van der Waals surface area contributed by atoms with Crippen LogP contribution in [0, 0.1) is 0 Å². The van der Waals surface area contributed by atoms with Crippen LogP contribution in [0.2, 0.25) is 0 Å². The average Bonchev–Trinajstić information content (AvgIpc) is 3.16. The quantitative estimate of drug-likeness (QED) is 0.493. The molecule has 1 saturated heterocycles. The molecule has 11 heteroatoms. The van der Waals surface area contributed by atoms with Gasteiger partial charge in [-0.1, -0.05) is 6.07 Å². The topological polar surface area (TPSA) is 72.3 Å². The predicted octanol–water partition coefficient (Wildman–Crippen LogP) is 2.54. The number of nitrogens with one attached hydrogen (secondary N) is 1. The largest absolute Gasteiger partial charge is 0.494 e. The van der Waals surface area contributed by atoms with Crippen molar-refractivity contribution in [1.29, 1.82) is 0 Å². The molecule has 4 rings (SSSR count). The highest BCUT2D eigenvalue weighted by Crippen LogP contribution is 2.32. The molecule has 1 aliphatic rings. The van der Waals surface area contributed by atoms with Gasteiger partial charge < -0.3 is 14.9 Å². The van der Waals surface area contributed by atoms with E-state index in [2.05, 4.69) is 15.4 Å². The Morgan fingerprint density at radius 1 is 1.35 bits per heavy atom. The molecule has 0 bridgehead atoms. The molecule has 2 aromatic heterocycles. The number of alkyl halides is 1. The molecule has 1 aromatic carbocycles. The van der Waals surface area contributed by atoms with Crippen molar-refractivity contribution < 1.29 is 13.9 Å². The van der Waals surface area contributed by atoms with Gasteiger partial charge in [0.05, 0.1) is 30.0 Å². The third-order valence-electron chi connectivity index (χ3n) is 5.34. The smallest absolute Gasteiger partial charge is 0.274 e. The summed E-state index contributed by atoms with van der Waals surface area (Å²) < 4.78 is 21.4. The molecule has 3 heterocycles. The summed E-state index contributed by atoms with van der Waals surface area (Å²) in [4.78, 5) is 18.6. The van der Waals surface area contributed by atoms with E-state index in [1.807, 2.05) is 24.9 Å². The SMILES string of the molecule is [B]N1CCC(n2cc3cc(NC(=O)c4cccc(C([B])(F)P)n4)c(OC)cc3n2)CC1. The Bertz CT molecular complexity index is 1110. The van der Waals surface area contributed by atoms with E-state index in [0.29, 0.717) is 11.4 Å². The minimum absolute atomic E-state index is 0.0406. The van der Waals surface area contributed by atoms with E-state index < -0.39 is 11.2 Å². The van der Waals surface area contributed by atoms with Crippen molar-refractivity contribution in [3.8, 4) is 5.75 Å². The summed E-state index contributed by atoms with van der Waals surface area (Å²) in [5.74, 6) is -0.0415. The van der Waals surface area contributed by atoms with Crippen LogP contribution in [0.5, 0.6) is 5.75 Å². The number of rotatable bonds is 5. The van der Waals surface area contributed by atoms with Gasteiger partial charge in [-0.2, -0.15) is 5.10 Å². The number of piperidine rings is 1. The Hall–Kier alpha value is -2.44. The highest BCUT2D eigenvalue weighted by atomic mass is 31.0. The molecular weight excluding hydrogens is 414 g/mol. The van der Waals surface area contributed by atoms with Crippen LogP contribution in [0.25, 0.3) is 10.9 Å². The maximum atomic E-state index is 14.0. The van der Waals surface area contributed by atoms with Gasteiger partial charge in [-0.05, 0) is 44.1 Å². The van der Waals surface area contributed by atoms with Gasteiger partial charge in [-0.25, -0.2) is 9.37 Å². The number of halogens is 1. The number of carbonyl (C=O) groups is 1. The van der Waals surface area contributed by atoms with Crippen LogP contribution in [0.4, 0.5) is 10.1 Å². The monoisotopic (exact) mass is 435 g/mol. The fourth-order valence-corrected chi connectivity index (χ4v) is 3.80. The van der Waals surface area contributed by atoms with E-state index in [1.165, 1.54) is 25.3 Å². The summed E-state index contributed by atoms with van der Waals surface area (Å²) in [5, 5.41) is 6.11. The van der Waals surface area contributed by atoms with Crippen LogP contribution in [0.1, 0.15) is 35.1 Å². The number of hydrogen-bond donors (Lipinski definition) is 1. The number of fused-ring (bicyclic) bond motifs is 1. The maximum Gasteiger partial charge on any atom is 0.274 e. The number of carbonyl (C=O) groups excluding carboxylic acids is 1. The van der Waals surface area contributed by atoms with Crippen molar-refractivity contribution in [3.05, 3.63) is 47.9 Å². The number of amides is 1. The molecule has 1 N–H and O–H groups in total. The summed E-state index contributed by atoms with van der Waals surface area (Å²) in [6, 6.07) is 8.28. The Morgan fingerprint density at radius 2 is 2.10 bits per heavy atom. The normalized spacial score (nSPS) is 17.4. The fourth-order valence-electron chi connectivity index (χ4n) is 3.64. The van der Waals surface area contributed by atoms with Gasteiger partial charge in [0.15, 0.2) is 7.98 Å². The number of hydrogen-bond acceptors (Lipinski definition) is 5. The minimum Gasteiger partial charge on any atom is -0.494 e. The average molecular weight is 435 g/mol. The van der Waals surface area contributed by atoms with Gasteiger partial charge in [0.1, 0.15) is 24.6 Å². The number of ether oxygens (including phenoxy) is 1. The van der Waals surface area contributed by atoms with E-state index in [4.69, 9.17) is 20.6 Å². The molecule has 2 atom stereocenters. The molecule has 1 fully saturated rings. The molecule has 1 aliphatic heterocycles. The molecule has 156 valence electrons. The lowest BCUT2D eigenvalue weighted by molar-refractivity contribution is 0.102. The number of methoxy groups -OCH3 is 1. The first kappa shape index (κ1) is 21.8. The summed E-state index contributed by atoms with van der Waals surface area (Å²) in [6.45, 7) is 1.63. The van der Waals surface area contributed by atoms with Gasteiger partial charge in [-0.3, -0.25) is 9.48 Å². The highest BCUT2D eigenvalue weighted by molar-refractivity contribution is 7.21. The summed E-state index contributed by atoms with van der Waals surface area (Å²) in [7, 11) is 14.6. The van der Waals surface area contributed by atoms with Crippen LogP contribution < -0.4 is 10.1 Å². The van der Waals surface area contributed by atoms with Gasteiger partial charge in [0, 0.05) is 17.6 Å². The third-order valence-corrected chi connectivity index (χ3v) is 5.63. The second-order valence-electron chi connectivity index (χ2n) is 7.62. The fraction of sp³-hybridized carbons (Fsp3) is 0.350. The van der Waals surface area contributed by atoms with E-state index in [0.717, 1.165) is 36.8 Å². The summed E-state index contributed by atoms with van der Waals surface area (Å²) >= 11 is 0. The maximum absolute atomic E-state index is 14.0. The second kappa shape index (κ2) is 8.60. The van der Waals surface area contributed by atoms with Crippen molar-refractivity contribution in [2.24, 2.45) is 0 Å². The molecule has 7 nitrogen and oxygen atoms in total. The summed E-state index contributed by atoms with van der Waals surface area (Å²) in [6.07, 6.45) is 3.79. The van der Waals surface area contributed by atoms with Crippen LogP contribution in [-0.2, 0) is 5.31 Å². The first-order chi connectivity index (χ1) is 14.7. The number of anilines is 1. The molecule has 0 aliphatic carbocycles. The lowest BCUT2D eigenvalue weighted by atomic mass is 9.97. The van der Waals surface area contributed by atoms with E-state index in [-0.39, 0.29) is 17.4 Å². The minimum atomic E-state index is -2.22. The number of pyridine rings is 1. The van der Waals surface area contributed by atoms with Gasteiger partial charge in [0.25, 0.3) is 5.91 Å². The molecule has 2 unspecified atom stereocenters. The standard InChI is InChI=1S/C20H21B2FN5O2P/c1-30-17-10-15-12(11-28(26-15)13-5-7-27(22)8-6-13)9-16(17)25-19(29)14-3-2-4-18(24-14)20(21,23)31/h2-4,9-11,13H,5-8,31H2,1H3,(H,25,29). The molecule has 0 saturated carbocycles. The molecular formula is C20H21B2FN5O2P. The zero-order chi connectivity index (χ0) is 22.2. The van der Waals surface area contributed by atoms with Gasteiger partial charge in [-0.15, -0.1) is 9.24 Å². The van der Waals surface area contributed by atoms with Gasteiger partial charge in [0.2, 0.25) is 0 Å². The molecule has 1 amide bonds. The third kappa shape index (κ3) is 4.75. The lowest BCUT2D eigenvalue weighted by Crippen LogP contribution is -2.32. The van der Waals surface area contributed by atoms with E-state index in [9.17, 15) is 9.18 Å². The first-order valence-corrected chi connectivity index (χ1v) is 10.4. The Morgan fingerprint density at radius 3 is 2.77 bits per heavy atom. The van der Waals surface area contributed by atoms with Crippen LogP contribution in [0.3, 0.4) is 0 Å². The van der Waals surface area contributed by atoms with Crippen molar-refractivity contribution in [1.82, 2.24) is 19.6 Å². The van der Waals surface area contributed by atoms with Gasteiger partial charge >= 0.3 is 0 Å². The highest BCUT2D eigenvalue weighted by Gasteiger charge is 2.23. The first-order valence-electron chi connectivity index (χ1n) is 9.86.